The van der Waals surface area contributed by atoms with Crippen molar-refractivity contribution in [2.24, 2.45) is 10.2 Å². The van der Waals surface area contributed by atoms with Crippen LogP contribution in [0.1, 0.15) is 15.9 Å². The third-order valence-corrected chi connectivity index (χ3v) is 4.51. The molecule has 0 aliphatic heterocycles. The van der Waals surface area contributed by atoms with E-state index in [1.54, 1.807) is 12.1 Å². The summed E-state index contributed by atoms with van der Waals surface area (Å²) in [5.41, 5.74) is 0.976. The number of aryl methyl sites for hydroxylation is 1. The standard InChI is InChI=1S/C21H16F2N6O2/c1-11-5-3-4-6-15(11)26-27-16-8-7-14(22)17(18(16)23)20(30)25-12-9-13-19(24-10-12)28-29-21(13)31-2/h3-10H,1-2H3,(H,25,30)(H,24,28,29). The first-order chi connectivity index (χ1) is 15.0. The zero-order chi connectivity index (χ0) is 22.0. The monoisotopic (exact) mass is 422 g/mol. The van der Waals surface area contributed by atoms with E-state index < -0.39 is 23.1 Å². The van der Waals surface area contributed by atoms with Crippen molar-refractivity contribution >= 4 is 34.0 Å². The zero-order valence-electron chi connectivity index (χ0n) is 16.5. The number of methoxy groups -OCH3 is 1. The molecule has 8 nitrogen and oxygen atoms in total. The van der Waals surface area contributed by atoms with Crippen molar-refractivity contribution in [3.05, 3.63) is 71.4 Å². The molecule has 4 rings (SSSR count). The van der Waals surface area contributed by atoms with Crippen LogP contribution in [0.25, 0.3) is 11.0 Å². The minimum Gasteiger partial charge on any atom is -0.479 e. The van der Waals surface area contributed by atoms with Crippen molar-refractivity contribution in [1.82, 2.24) is 15.2 Å². The number of amides is 1. The second-order valence-corrected chi connectivity index (χ2v) is 6.55. The summed E-state index contributed by atoms with van der Waals surface area (Å²) >= 11 is 0. The van der Waals surface area contributed by atoms with Gasteiger partial charge in [0.25, 0.3) is 5.91 Å². The van der Waals surface area contributed by atoms with Gasteiger partial charge in [0.05, 0.1) is 30.1 Å². The summed E-state index contributed by atoms with van der Waals surface area (Å²) in [6.45, 7) is 1.83. The molecule has 156 valence electrons. The molecule has 0 bridgehead atoms. The number of fused-ring (bicyclic) bond motifs is 1. The maximum Gasteiger partial charge on any atom is 0.261 e. The van der Waals surface area contributed by atoms with Crippen molar-refractivity contribution in [1.29, 1.82) is 0 Å². The van der Waals surface area contributed by atoms with Crippen LogP contribution in [0.4, 0.5) is 25.8 Å². The van der Waals surface area contributed by atoms with Crippen LogP contribution < -0.4 is 10.1 Å². The Labute approximate surface area is 175 Å². The SMILES string of the molecule is COc1n[nH]c2ncc(NC(=O)c3c(F)ccc(N=Nc4ccccc4C)c3F)cc12. The number of H-pyrrole nitrogens is 1. The van der Waals surface area contributed by atoms with Crippen LogP contribution in [0, 0.1) is 18.6 Å². The molecule has 0 saturated heterocycles. The number of nitrogens with one attached hydrogen (secondary N) is 2. The smallest absolute Gasteiger partial charge is 0.261 e. The maximum absolute atomic E-state index is 14.9. The van der Waals surface area contributed by atoms with E-state index in [1.165, 1.54) is 19.4 Å². The number of anilines is 1. The lowest BCUT2D eigenvalue weighted by atomic mass is 10.1. The Morgan fingerprint density at radius 3 is 2.68 bits per heavy atom. The summed E-state index contributed by atoms with van der Waals surface area (Å²) in [4.78, 5) is 16.7. The van der Waals surface area contributed by atoms with Crippen LogP contribution in [0.3, 0.4) is 0 Å². The van der Waals surface area contributed by atoms with Gasteiger partial charge in [0, 0.05) is 0 Å². The number of pyridine rings is 1. The number of ether oxygens (including phenoxy) is 1. The molecule has 0 atom stereocenters. The Kier molecular flexibility index (Phi) is 5.35. The molecule has 0 fully saturated rings. The number of nitrogens with zero attached hydrogens (tertiary/aromatic N) is 4. The molecule has 10 heteroatoms. The number of aromatic nitrogens is 3. The molecular weight excluding hydrogens is 406 g/mol. The van der Waals surface area contributed by atoms with Gasteiger partial charge in [0.15, 0.2) is 11.5 Å². The lowest BCUT2D eigenvalue weighted by Gasteiger charge is -2.08. The lowest BCUT2D eigenvalue weighted by Crippen LogP contribution is -2.16. The summed E-state index contributed by atoms with van der Waals surface area (Å²) in [5.74, 6) is -2.87. The lowest BCUT2D eigenvalue weighted by molar-refractivity contribution is 0.101. The number of carbonyl (C=O) groups excluding carboxylic acids is 1. The molecule has 1 amide bonds. The Morgan fingerprint density at radius 1 is 1.13 bits per heavy atom. The zero-order valence-corrected chi connectivity index (χ0v) is 16.5. The third kappa shape index (κ3) is 3.95. The normalized spacial score (nSPS) is 11.2. The number of hydrogen-bond acceptors (Lipinski definition) is 6. The predicted octanol–water partition coefficient (Wildman–Crippen LogP) is 5.22. The average molecular weight is 422 g/mol. The fourth-order valence-electron chi connectivity index (χ4n) is 2.91. The van der Waals surface area contributed by atoms with Crippen LogP contribution in [0.5, 0.6) is 5.88 Å². The minimum atomic E-state index is -1.12. The highest BCUT2D eigenvalue weighted by Crippen LogP contribution is 2.28. The van der Waals surface area contributed by atoms with E-state index in [2.05, 4.69) is 30.7 Å². The van der Waals surface area contributed by atoms with Gasteiger partial charge >= 0.3 is 0 Å². The summed E-state index contributed by atoms with van der Waals surface area (Å²) in [6, 6.07) is 10.7. The van der Waals surface area contributed by atoms with Crippen LogP contribution in [0.2, 0.25) is 0 Å². The second-order valence-electron chi connectivity index (χ2n) is 6.55. The molecule has 0 saturated carbocycles. The molecule has 2 heterocycles. The van der Waals surface area contributed by atoms with Gasteiger partial charge in [-0.1, -0.05) is 18.2 Å². The van der Waals surface area contributed by atoms with E-state index >= 15 is 0 Å². The summed E-state index contributed by atoms with van der Waals surface area (Å²) in [6.07, 6.45) is 1.33. The first-order valence-electron chi connectivity index (χ1n) is 9.12. The van der Waals surface area contributed by atoms with Crippen LogP contribution in [0.15, 0.2) is 58.9 Å². The average Bonchev–Trinajstić information content (AvgIpc) is 3.16. The summed E-state index contributed by atoms with van der Waals surface area (Å²) in [5, 5.41) is 17.4. The van der Waals surface area contributed by atoms with Gasteiger partial charge < -0.3 is 10.1 Å². The summed E-state index contributed by atoms with van der Waals surface area (Å²) < 4.78 is 34.3. The van der Waals surface area contributed by atoms with Crippen molar-refractivity contribution in [2.45, 2.75) is 6.92 Å². The highest BCUT2D eigenvalue weighted by atomic mass is 19.1. The van der Waals surface area contributed by atoms with Gasteiger partial charge in [-0.05, 0) is 36.8 Å². The van der Waals surface area contributed by atoms with Gasteiger partial charge in [0.1, 0.15) is 17.1 Å². The molecular formula is C21H16F2N6O2. The quantitative estimate of drug-likeness (QED) is 0.430. The number of rotatable bonds is 5. The molecule has 0 unspecified atom stereocenters. The van der Waals surface area contributed by atoms with Gasteiger partial charge in [-0.15, -0.1) is 10.2 Å². The molecule has 2 N–H and O–H groups in total. The van der Waals surface area contributed by atoms with E-state index in [-0.39, 0.29) is 17.3 Å². The Balaban J connectivity index is 1.64. The molecule has 4 aromatic rings. The minimum absolute atomic E-state index is 0.211. The van der Waals surface area contributed by atoms with Crippen LogP contribution in [-0.2, 0) is 0 Å². The highest BCUT2D eigenvalue weighted by molar-refractivity contribution is 6.05. The number of benzene rings is 2. The van der Waals surface area contributed by atoms with Crippen molar-refractivity contribution in [3.63, 3.8) is 0 Å². The molecule has 0 spiro atoms. The Morgan fingerprint density at radius 2 is 1.90 bits per heavy atom. The van der Waals surface area contributed by atoms with E-state index in [9.17, 15) is 13.6 Å². The maximum atomic E-state index is 14.9. The number of carbonyl (C=O) groups is 1. The number of halogens is 2. The van der Waals surface area contributed by atoms with E-state index in [0.29, 0.717) is 16.7 Å². The van der Waals surface area contributed by atoms with E-state index in [1.807, 2.05) is 19.1 Å². The highest BCUT2D eigenvalue weighted by Gasteiger charge is 2.21. The topological polar surface area (TPSA) is 105 Å². The van der Waals surface area contributed by atoms with Gasteiger partial charge in [0.2, 0.25) is 5.88 Å². The van der Waals surface area contributed by atoms with Gasteiger partial charge in [-0.2, -0.15) is 5.11 Å². The summed E-state index contributed by atoms with van der Waals surface area (Å²) in [7, 11) is 1.43. The molecule has 2 aromatic heterocycles. The molecule has 31 heavy (non-hydrogen) atoms. The van der Waals surface area contributed by atoms with E-state index in [0.717, 1.165) is 17.7 Å². The fourth-order valence-corrected chi connectivity index (χ4v) is 2.91. The molecule has 2 aromatic carbocycles. The van der Waals surface area contributed by atoms with Crippen molar-refractivity contribution in [3.8, 4) is 5.88 Å². The number of azo groups is 1. The molecule has 0 aliphatic rings. The Bertz CT molecular complexity index is 1320. The predicted molar refractivity (Wildman–Crippen MR) is 110 cm³/mol. The number of hydrogen-bond donors (Lipinski definition) is 2. The fraction of sp³-hybridized carbons (Fsp3) is 0.0952. The Hall–Kier alpha value is -4.21. The van der Waals surface area contributed by atoms with Crippen molar-refractivity contribution < 1.29 is 18.3 Å². The largest absolute Gasteiger partial charge is 0.479 e. The second kappa shape index (κ2) is 8.27. The van der Waals surface area contributed by atoms with Gasteiger partial charge in [-0.3, -0.25) is 9.89 Å². The first-order valence-corrected chi connectivity index (χ1v) is 9.12. The molecule has 0 radical (unpaired) electrons. The number of aromatic amines is 1. The van der Waals surface area contributed by atoms with Crippen molar-refractivity contribution in [2.75, 3.05) is 12.4 Å². The molecule has 0 aliphatic carbocycles. The van der Waals surface area contributed by atoms with Gasteiger partial charge in [-0.25, -0.2) is 13.8 Å². The van der Waals surface area contributed by atoms with Crippen LogP contribution >= 0.6 is 0 Å². The van der Waals surface area contributed by atoms with Crippen LogP contribution in [-0.4, -0.2) is 28.2 Å². The first kappa shape index (κ1) is 20.1. The third-order valence-electron chi connectivity index (χ3n) is 4.51. The van der Waals surface area contributed by atoms with E-state index in [4.69, 9.17) is 4.74 Å².